The molecular formula is C16H21NO. The Hall–Kier alpha value is -1.31. The van der Waals surface area contributed by atoms with Gasteiger partial charge in [0.1, 0.15) is 0 Å². The van der Waals surface area contributed by atoms with Crippen molar-refractivity contribution in [2.75, 3.05) is 6.54 Å². The van der Waals surface area contributed by atoms with E-state index in [2.05, 4.69) is 35.2 Å². The maximum absolute atomic E-state index is 12.2. The average molecular weight is 243 g/mol. The fourth-order valence-electron chi connectivity index (χ4n) is 3.70. The highest BCUT2D eigenvalue weighted by Crippen LogP contribution is 2.44. The maximum atomic E-state index is 12.2. The Bertz CT molecular complexity index is 420. The number of amides is 1. The topological polar surface area (TPSA) is 20.3 Å². The Balaban J connectivity index is 2.00. The summed E-state index contributed by atoms with van der Waals surface area (Å²) in [7, 11) is 0. The molecule has 1 amide bonds. The average Bonchev–Trinajstić information content (AvgIpc) is 2.87. The molecule has 1 aromatic rings. The molecule has 1 saturated heterocycles. The Labute approximate surface area is 109 Å². The van der Waals surface area contributed by atoms with Crippen LogP contribution >= 0.6 is 0 Å². The smallest absolute Gasteiger partial charge is 0.223 e. The fourth-order valence-corrected chi connectivity index (χ4v) is 3.70. The van der Waals surface area contributed by atoms with Crippen molar-refractivity contribution in [1.29, 1.82) is 0 Å². The zero-order valence-corrected chi connectivity index (χ0v) is 10.9. The van der Waals surface area contributed by atoms with Gasteiger partial charge in [-0.25, -0.2) is 0 Å². The second-order valence-corrected chi connectivity index (χ2v) is 5.61. The van der Waals surface area contributed by atoms with E-state index < -0.39 is 0 Å². The summed E-state index contributed by atoms with van der Waals surface area (Å²) in [6.07, 6.45) is 7.88. The van der Waals surface area contributed by atoms with Gasteiger partial charge in [-0.05, 0) is 24.8 Å². The number of hydrogen-bond donors (Lipinski definition) is 0. The van der Waals surface area contributed by atoms with E-state index in [1.54, 1.807) is 0 Å². The van der Waals surface area contributed by atoms with Gasteiger partial charge >= 0.3 is 0 Å². The minimum atomic E-state index is 0.00704. The van der Waals surface area contributed by atoms with Crippen LogP contribution in [0, 0.1) is 0 Å². The number of carbonyl (C=O) groups excluding carboxylic acids is 1. The summed E-state index contributed by atoms with van der Waals surface area (Å²) < 4.78 is 0. The summed E-state index contributed by atoms with van der Waals surface area (Å²) in [6, 6.07) is 10.7. The van der Waals surface area contributed by atoms with Crippen LogP contribution in [0.4, 0.5) is 0 Å². The molecule has 0 aromatic heterocycles. The molecule has 0 radical (unpaired) electrons. The highest BCUT2D eigenvalue weighted by molar-refractivity contribution is 5.79. The first-order valence-corrected chi connectivity index (χ1v) is 7.19. The monoisotopic (exact) mass is 243 g/mol. The van der Waals surface area contributed by atoms with Crippen LogP contribution in [0.3, 0.4) is 0 Å². The molecule has 2 aliphatic rings. The van der Waals surface area contributed by atoms with Crippen molar-refractivity contribution < 1.29 is 4.79 Å². The van der Waals surface area contributed by atoms with Crippen LogP contribution in [0.5, 0.6) is 0 Å². The number of benzene rings is 1. The maximum Gasteiger partial charge on any atom is 0.223 e. The predicted molar refractivity (Wildman–Crippen MR) is 72.2 cm³/mol. The van der Waals surface area contributed by atoms with Gasteiger partial charge in [-0.2, -0.15) is 0 Å². The minimum Gasteiger partial charge on any atom is -0.333 e. The number of nitrogens with zero attached hydrogens (tertiary/aromatic N) is 1. The SMILES string of the molecule is O=C1CCCN1C1(c2ccccc2)CCCCC1. The molecule has 2 nitrogen and oxygen atoms in total. The van der Waals surface area contributed by atoms with Gasteiger partial charge in [-0.15, -0.1) is 0 Å². The molecule has 2 heteroatoms. The van der Waals surface area contributed by atoms with Crippen molar-refractivity contribution in [3.63, 3.8) is 0 Å². The fraction of sp³-hybridized carbons (Fsp3) is 0.562. The molecule has 18 heavy (non-hydrogen) atoms. The zero-order valence-electron chi connectivity index (χ0n) is 10.9. The van der Waals surface area contributed by atoms with Crippen LogP contribution in [0.1, 0.15) is 50.5 Å². The number of hydrogen-bond acceptors (Lipinski definition) is 1. The van der Waals surface area contributed by atoms with Gasteiger partial charge in [0.25, 0.3) is 0 Å². The zero-order chi connectivity index (χ0) is 12.4. The molecule has 3 rings (SSSR count). The summed E-state index contributed by atoms with van der Waals surface area (Å²) in [6.45, 7) is 0.952. The molecule has 0 atom stereocenters. The standard InChI is InChI=1S/C16H21NO/c18-15-10-7-13-17(15)16(11-5-2-6-12-16)14-8-3-1-4-9-14/h1,3-4,8-9H,2,5-7,10-13H2. The van der Waals surface area contributed by atoms with Crippen molar-refractivity contribution in [2.24, 2.45) is 0 Å². The van der Waals surface area contributed by atoms with E-state index in [4.69, 9.17) is 0 Å². The summed E-state index contributed by atoms with van der Waals surface area (Å²) in [5.41, 5.74) is 1.35. The first-order valence-electron chi connectivity index (χ1n) is 7.19. The first-order chi connectivity index (χ1) is 8.83. The lowest BCUT2D eigenvalue weighted by atomic mass is 9.75. The van der Waals surface area contributed by atoms with E-state index in [1.165, 1.54) is 24.8 Å². The summed E-state index contributed by atoms with van der Waals surface area (Å²) in [5.74, 6) is 0.362. The van der Waals surface area contributed by atoms with Crippen LogP contribution in [0.2, 0.25) is 0 Å². The van der Waals surface area contributed by atoms with E-state index in [9.17, 15) is 4.79 Å². The van der Waals surface area contributed by atoms with Crippen LogP contribution in [-0.2, 0) is 10.3 Å². The molecular weight excluding hydrogens is 222 g/mol. The van der Waals surface area contributed by atoms with Crippen molar-refractivity contribution >= 4 is 5.91 Å². The molecule has 1 heterocycles. The number of rotatable bonds is 2. The van der Waals surface area contributed by atoms with Crippen LogP contribution in [0.15, 0.2) is 30.3 Å². The predicted octanol–water partition coefficient (Wildman–Crippen LogP) is 3.47. The third-order valence-corrected chi connectivity index (χ3v) is 4.58. The van der Waals surface area contributed by atoms with Gasteiger partial charge in [-0.1, -0.05) is 49.6 Å². The molecule has 0 bridgehead atoms. The van der Waals surface area contributed by atoms with Crippen molar-refractivity contribution in [1.82, 2.24) is 4.90 Å². The van der Waals surface area contributed by atoms with Crippen molar-refractivity contribution in [3.05, 3.63) is 35.9 Å². The quantitative estimate of drug-likeness (QED) is 0.779. The van der Waals surface area contributed by atoms with Crippen molar-refractivity contribution in [2.45, 2.75) is 50.5 Å². The van der Waals surface area contributed by atoms with Crippen LogP contribution in [-0.4, -0.2) is 17.4 Å². The van der Waals surface area contributed by atoms with Gasteiger partial charge < -0.3 is 4.90 Å². The van der Waals surface area contributed by atoms with E-state index in [1.807, 2.05) is 0 Å². The van der Waals surface area contributed by atoms with Crippen LogP contribution < -0.4 is 0 Å². The molecule has 0 N–H and O–H groups in total. The van der Waals surface area contributed by atoms with E-state index in [-0.39, 0.29) is 5.54 Å². The second kappa shape index (κ2) is 4.75. The molecule has 1 aromatic carbocycles. The summed E-state index contributed by atoms with van der Waals surface area (Å²) in [4.78, 5) is 14.4. The molecule has 1 saturated carbocycles. The number of likely N-dealkylation sites (tertiary alicyclic amines) is 1. The Morgan fingerprint density at radius 1 is 0.944 bits per heavy atom. The Kier molecular flexibility index (Phi) is 3.11. The van der Waals surface area contributed by atoms with Crippen LogP contribution in [0.25, 0.3) is 0 Å². The minimum absolute atomic E-state index is 0.00704. The Morgan fingerprint density at radius 3 is 2.28 bits per heavy atom. The van der Waals surface area contributed by atoms with Gasteiger partial charge in [0.2, 0.25) is 5.91 Å². The summed E-state index contributed by atoms with van der Waals surface area (Å²) >= 11 is 0. The third kappa shape index (κ3) is 1.84. The van der Waals surface area contributed by atoms with Gasteiger partial charge in [0.05, 0.1) is 5.54 Å². The van der Waals surface area contributed by atoms with Crippen molar-refractivity contribution in [3.8, 4) is 0 Å². The first kappa shape index (κ1) is 11.8. The van der Waals surface area contributed by atoms with E-state index >= 15 is 0 Å². The van der Waals surface area contributed by atoms with E-state index in [0.29, 0.717) is 5.91 Å². The second-order valence-electron chi connectivity index (χ2n) is 5.61. The molecule has 1 aliphatic carbocycles. The lowest BCUT2D eigenvalue weighted by molar-refractivity contribution is -0.135. The molecule has 96 valence electrons. The largest absolute Gasteiger partial charge is 0.333 e. The molecule has 2 fully saturated rings. The van der Waals surface area contributed by atoms with Gasteiger partial charge in [0, 0.05) is 13.0 Å². The third-order valence-electron chi connectivity index (χ3n) is 4.58. The Morgan fingerprint density at radius 2 is 1.67 bits per heavy atom. The molecule has 0 spiro atoms. The van der Waals surface area contributed by atoms with Gasteiger partial charge in [0.15, 0.2) is 0 Å². The molecule has 0 unspecified atom stereocenters. The molecule has 1 aliphatic heterocycles. The number of carbonyl (C=O) groups is 1. The highest BCUT2D eigenvalue weighted by atomic mass is 16.2. The highest BCUT2D eigenvalue weighted by Gasteiger charge is 2.43. The lowest BCUT2D eigenvalue weighted by Gasteiger charge is -2.45. The lowest BCUT2D eigenvalue weighted by Crippen LogP contribution is -2.48. The van der Waals surface area contributed by atoms with E-state index in [0.717, 1.165) is 32.2 Å². The van der Waals surface area contributed by atoms with Gasteiger partial charge in [-0.3, -0.25) is 4.79 Å². The normalized spacial score (nSPS) is 23.3. The summed E-state index contributed by atoms with van der Waals surface area (Å²) in [5, 5.41) is 0.